The van der Waals surface area contributed by atoms with Crippen LogP contribution in [0.15, 0.2) is 77.7 Å². The van der Waals surface area contributed by atoms with Crippen molar-refractivity contribution >= 4 is 35.0 Å². The molecule has 0 spiro atoms. The van der Waals surface area contributed by atoms with E-state index in [9.17, 15) is 9.59 Å². The number of hydrogen-bond donors (Lipinski definition) is 2. The third kappa shape index (κ3) is 5.47. The summed E-state index contributed by atoms with van der Waals surface area (Å²) in [4.78, 5) is 25.5. The summed E-state index contributed by atoms with van der Waals surface area (Å²) in [5, 5.41) is 5.80. The van der Waals surface area contributed by atoms with Gasteiger partial charge in [0.1, 0.15) is 0 Å². The highest BCUT2D eigenvalue weighted by Crippen LogP contribution is 2.23. The highest BCUT2D eigenvalue weighted by atomic mass is 32.2. The molecule has 0 bridgehead atoms. The Hall–Kier alpha value is -3.05. The summed E-state index contributed by atoms with van der Waals surface area (Å²) in [6, 6.07) is 22.7. The lowest BCUT2D eigenvalue weighted by Gasteiger charge is -2.09. The third-order valence-corrected chi connectivity index (χ3v) is 5.18. The van der Waals surface area contributed by atoms with Crippen molar-refractivity contribution in [2.75, 3.05) is 16.4 Å². The number of thioether (sulfide) groups is 1. The Morgan fingerprint density at radius 2 is 1.57 bits per heavy atom. The Labute approximate surface area is 169 Å². The van der Waals surface area contributed by atoms with Crippen LogP contribution in [0.25, 0.3) is 0 Å². The molecule has 0 atom stereocenters. The van der Waals surface area contributed by atoms with E-state index in [0.29, 0.717) is 17.0 Å². The molecule has 2 amide bonds. The van der Waals surface area contributed by atoms with E-state index in [-0.39, 0.29) is 11.8 Å². The second-order valence-electron chi connectivity index (χ2n) is 6.50. The Balaban J connectivity index is 1.57. The van der Waals surface area contributed by atoms with Crippen LogP contribution in [-0.2, 0) is 4.79 Å². The van der Waals surface area contributed by atoms with Crippen LogP contribution in [-0.4, -0.2) is 17.6 Å². The van der Waals surface area contributed by atoms with Crippen molar-refractivity contribution in [3.05, 3.63) is 89.5 Å². The van der Waals surface area contributed by atoms with Crippen molar-refractivity contribution in [1.82, 2.24) is 0 Å². The minimum absolute atomic E-state index is 0.0665. The van der Waals surface area contributed by atoms with Gasteiger partial charge in [0.25, 0.3) is 5.91 Å². The highest BCUT2D eigenvalue weighted by molar-refractivity contribution is 8.00. The summed E-state index contributed by atoms with van der Waals surface area (Å²) in [7, 11) is 0. The van der Waals surface area contributed by atoms with Crippen molar-refractivity contribution in [2.24, 2.45) is 0 Å². The maximum atomic E-state index is 12.5. The molecule has 0 aliphatic heterocycles. The molecule has 0 aliphatic carbocycles. The molecule has 142 valence electrons. The van der Waals surface area contributed by atoms with Crippen LogP contribution in [0.1, 0.15) is 21.5 Å². The zero-order valence-electron chi connectivity index (χ0n) is 15.9. The topological polar surface area (TPSA) is 58.2 Å². The molecule has 0 radical (unpaired) electrons. The SMILES string of the molecule is Cc1ccc(NC(=O)CSc2cccc(NC(=O)c3ccccc3C)c2)cc1. The van der Waals surface area contributed by atoms with Crippen LogP contribution in [0.4, 0.5) is 11.4 Å². The first-order valence-corrected chi connectivity index (χ1v) is 9.96. The summed E-state index contributed by atoms with van der Waals surface area (Å²) < 4.78 is 0. The molecule has 0 heterocycles. The minimum atomic E-state index is -0.141. The van der Waals surface area contributed by atoms with E-state index >= 15 is 0 Å². The van der Waals surface area contributed by atoms with Gasteiger partial charge in [0.15, 0.2) is 0 Å². The molecule has 4 nitrogen and oxygen atoms in total. The predicted molar refractivity (Wildman–Crippen MR) is 116 cm³/mol. The van der Waals surface area contributed by atoms with Gasteiger partial charge < -0.3 is 10.6 Å². The number of anilines is 2. The van der Waals surface area contributed by atoms with Gasteiger partial charge in [-0.3, -0.25) is 9.59 Å². The molecule has 3 aromatic rings. The lowest BCUT2D eigenvalue weighted by Crippen LogP contribution is -2.14. The van der Waals surface area contributed by atoms with Crippen molar-refractivity contribution in [3.8, 4) is 0 Å². The quantitative estimate of drug-likeness (QED) is 0.563. The Kier molecular flexibility index (Phi) is 6.50. The standard InChI is InChI=1S/C23H22N2O2S/c1-16-10-12-18(13-11-16)24-22(26)15-28-20-8-5-7-19(14-20)25-23(27)21-9-4-3-6-17(21)2/h3-14H,15H2,1-2H3,(H,24,26)(H,25,27). The van der Waals surface area contributed by atoms with Crippen LogP contribution in [0.2, 0.25) is 0 Å². The Morgan fingerprint density at radius 1 is 0.821 bits per heavy atom. The van der Waals surface area contributed by atoms with E-state index in [1.807, 2.05) is 80.6 Å². The second-order valence-corrected chi connectivity index (χ2v) is 7.55. The number of hydrogen-bond acceptors (Lipinski definition) is 3. The van der Waals surface area contributed by atoms with Crippen LogP contribution in [0, 0.1) is 13.8 Å². The van der Waals surface area contributed by atoms with Gasteiger partial charge >= 0.3 is 0 Å². The van der Waals surface area contributed by atoms with E-state index < -0.39 is 0 Å². The highest BCUT2D eigenvalue weighted by Gasteiger charge is 2.09. The summed E-state index contributed by atoms with van der Waals surface area (Å²) in [6.45, 7) is 3.92. The fraction of sp³-hybridized carbons (Fsp3) is 0.130. The molecule has 0 unspecified atom stereocenters. The normalized spacial score (nSPS) is 10.4. The lowest BCUT2D eigenvalue weighted by molar-refractivity contribution is -0.113. The van der Waals surface area contributed by atoms with E-state index in [0.717, 1.165) is 21.7 Å². The van der Waals surface area contributed by atoms with Gasteiger partial charge in [-0.15, -0.1) is 11.8 Å². The molecule has 0 aromatic heterocycles. The molecule has 28 heavy (non-hydrogen) atoms. The molecule has 0 saturated carbocycles. The third-order valence-electron chi connectivity index (χ3n) is 4.19. The van der Waals surface area contributed by atoms with Crippen molar-refractivity contribution < 1.29 is 9.59 Å². The monoisotopic (exact) mass is 390 g/mol. The van der Waals surface area contributed by atoms with Gasteiger partial charge in [0.2, 0.25) is 5.91 Å². The van der Waals surface area contributed by atoms with Crippen molar-refractivity contribution in [3.63, 3.8) is 0 Å². The van der Waals surface area contributed by atoms with Gasteiger partial charge in [-0.05, 0) is 55.8 Å². The predicted octanol–water partition coefficient (Wildman–Crippen LogP) is 5.29. The summed E-state index contributed by atoms with van der Waals surface area (Å²) in [5.41, 5.74) is 4.22. The zero-order valence-corrected chi connectivity index (χ0v) is 16.7. The first-order chi connectivity index (χ1) is 13.5. The van der Waals surface area contributed by atoms with Gasteiger partial charge in [-0.2, -0.15) is 0 Å². The molecule has 2 N–H and O–H groups in total. The Morgan fingerprint density at radius 3 is 2.32 bits per heavy atom. The van der Waals surface area contributed by atoms with E-state index in [2.05, 4.69) is 10.6 Å². The average molecular weight is 391 g/mol. The number of aryl methyl sites for hydroxylation is 2. The molecule has 0 aliphatic rings. The smallest absolute Gasteiger partial charge is 0.255 e. The van der Waals surface area contributed by atoms with Crippen LogP contribution in [0.5, 0.6) is 0 Å². The van der Waals surface area contributed by atoms with Gasteiger partial charge in [-0.1, -0.05) is 42.0 Å². The van der Waals surface area contributed by atoms with Crippen LogP contribution in [0.3, 0.4) is 0 Å². The molecule has 3 rings (SSSR count). The first-order valence-electron chi connectivity index (χ1n) is 8.97. The van der Waals surface area contributed by atoms with E-state index in [1.54, 1.807) is 6.07 Å². The lowest BCUT2D eigenvalue weighted by atomic mass is 10.1. The number of carbonyl (C=O) groups is 2. The number of amides is 2. The molecule has 0 saturated heterocycles. The van der Waals surface area contributed by atoms with E-state index in [1.165, 1.54) is 11.8 Å². The molecular weight excluding hydrogens is 368 g/mol. The van der Waals surface area contributed by atoms with Gasteiger partial charge in [0, 0.05) is 21.8 Å². The number of nitrogens with one attached hydrogen (secondary N) is 2. The van der Waals surface area contributed by atoms with Gasteiger partial charge in [0.05, 0.1) is 5.75 Å². The maximum absolute atomic E-state index is 12.5. The number of benzene rings is 3. The van der Waals surface area contributed by atoms with Crippen LogP contribution >= 0.6 is 11.8 Å². The zero-order chi connectivity index (χ0) is 19.9. The minimum Gasteiger partial charge on any atom is -0.325 e. The summed E-state index contributed by atoms with van der Waals surface area (Å²) in [5.74, 6) is 0.0869. The number of carbonyl (C=O) groups excluding carboxylic acids is 2. The number of rotatable bonds is 6. The fourth-order valence-electron chi connectivity index (χ4n) is 2.67. The Bertz CT molecular complexity index is 984. The summed E-state index contributed by atoms with van der Waals surface area (Å²) in [6.07, 6.45) is 0. The van der Waals surface area contributed by atoms with Crippen molar-refractivity contribution in [1.29, 1.82) is 0 Å². The van der Waals surface area contributed by atoms with Crippen LogP contribution < -0.4 is 10.6 Å². The molecule has 3 aromatic carbocycles. The maximum Gasteiger partial charge on any atom is 0.255 e. The van der Waals surface area contributed by atoms with Gasteiger partial charge in [-0.25, -0.2) is 0 Å². The largest absolute Gasteiger partial charge is 0.325 e. The molecule has 5 heteroatoms. The summed E-state index contributed by atoms with van der Waals surface area (Å²) >= 11 is 1.43. The first kappa shape index (κ1) is 19.7. The fourth-order valence-corrected chi connectivity index (χ4v) is 3.43. The molecular formula is C23H22N2O2S. The average Bonchev–Trinajstić information content (AvgIpc) is 2.69. The second kappa shape index (κ2) is 9.24. The van der Waals surface area contributed by atoms with Crippen molar-refractivity contribution in [2.45, 2.75) is 18.7 Å². The molecule has 0 fully saturated rings. The van der Waals surface area contributed by atoms with E-state index in [4.69, 9.17) is 0 Å².